The molecule has 0 spiro atoms. The van der Waals surface area contributed by atoms with Gasteiger partial charge in [-0.3, -0.25) is 19.4 Å². The Morgan fingerprint density at radius 3 is 2.39 bits per heavy atom. The first-order chi connectivity index (χ1) is 17.2. The third-order valence-corrected chi connectivity index (χ3v) is 6.96. The molecule has 184 valence electrons. The molecule has 9 nitrogen and oxygen atoms in total. The fourth-order valence-electron chi connectivity index (χ4n) is 3.70. The van der Waals surface area contributed by atoms with E-state index in [4.69, 9.17) is 0 Å². The van der Waals surface area contributed by atoms with Gasteiger partial charge in [-0.05, 0) is 80.8 Å². The number of nitrogens with one attached hydrogen (secondary N) is 2. The SMILES string of the molecule is CC1=NN(c2ccc(C)c(C)c2)C(=O)C1/C(C)=N/NC(=O)c1ccc(C(=O)NCc2ccncc2)s1. The van der Waals surface area contributed by atoms with E-state index in [9.17, 15) is 14.4 Å². The van der Waals surface area contributed by atoms with Gasteiger partial charge in [0.2, 0.25) is 0 Å². The maximum Gasteiger partial charge on any atom is 0.281 e. The number of aryl methyl sites for hydroxylation is 2. The molecule has 10 heteroatoms. The first kappa shape index (κ1) is 24.9. The minimum absolute atomic E-state index is 0.226. The third kappa shape index (κ3) is 5.38. The first-order valence-electron chi connectivity index (χ1n) is 11.3. The van der Waals surface area contributed by atoms with Crippen LogP contribution in [0.3, 0.4) is 0 Å². The smallest absolute Gasteiger partial charge is 0.281 e. The summed E-state index contributed by atoms with van der Waals surface area (Å²) in [4.78, 5) is 42.8. The molecule has 1 aliphatic heterocycles. The van der Waals surface area contributed by atoms with Crippen LogP contribution in [0, 0.1) is 19.8 Å². The quantitative estimate of drug-likeness (QED) is 0.377. The van der Waals surface area contributed by atoms with Crippen molar-refractivity contribution in [2.24, 2.45) is 16.1 Å². The highest BCUT2D eigenvalue weighted by molar-refractivity contribution is 7.15. The van der Waals surface area contributed by atoms with Gasteiger partial charge in [-0.2, -0.15) is 15.2 Å². The van der Waals surface area contributed by atoms with Crippen LogP contribution in [0.5, 0.6) is 0 Å². The summed E-state index contributed by atoms with van der Waals surface area (Å²) in [7, 11) is 0. The number of hydrazone groups is 2. The van der Waals surface area contributed by atoms with Gasteiger partial charge in [0.1, 0.15) is 5.92 Å². The van der Waals surface area contributed by atoms with E-state index in [0.717, 1.165) is 28.0 Å². The van der Waals surface area contributed by atoms with E-state index in [2.05, 4.69) is 25.9 Å². The highest BCUT2D eigenvalue weighted by Crippen LogP contribution is 2.26. The Bertz CT molecular complexity index is 1380. The van der Waals surface area contributed by atoms with E-state index < -0.39 is 11.8 Å². The van der Waals surface area contributed by atoms with Gasteiger partial charge in [0.05, 0.1) is 26.9 Å². The normalized spacial score (nSPS) is 15.6. The Kier molecular flexibility index (Phi) is 7.35. The Hall–Kier alpha value is -4.18. The Balaban J connectivity index is 1.38. The van der Waals surface area contributed by atoms with Crippen molar-refractivity contribution in [3.05, 3.63) is 81.3 Å². The number of anilines is 1. The summed E-state index contributed by atoms with van der Waals surface area (Å²) in [5.41, 5.74) is 7.32. The molecule has 36 heavy (non-hydrogen) atoms. The number of rotatable bonds is 7. The molecule has 0 bridgehead atoms. The maximum absolute atomic E-state index is 13.1. The monoisotopic (exact) mass is 502 g/mol. The zero-order valence-corrected chi connectivity index (χ0v) is 21.2. The predicted molar refractivity (Wildman–Crippen MR) is 140 cm³/mol. The van der Waals surface area contributed by atoms with Crippen molar-refractivity contribution in [3.8, 4) is 0 Å². The topological polar surface area (TPSA) is 116 Å². The van der Waals surface area contributed by atoms with E-state index in [0.29, 0.717) is 33.4 Å². The minimum atomic E-state index is -0.662. The Morgan fingerprint density at radius 1 is 1.00 bits per heavy atom. The van der Waals surface area contributed by atoms with Crippen molar-refractivity contribution >= 4 is 46.2 Å². The summed E-state index contributed by atoms with van der Waals surface area (Å²) in [6.07, 6.45) is 3.32. The zero-order chi connectivity index (χ0) is 25.8. The molecule has 3 aromatic rings. The lowest BCUT2D eigenvalue weighted by Crippen LogP contribution is -2.33. The van der Waals surface area contributed by atoms with E-state index in [1.165, 1.54) is 5.01 Å². The van der Waals surface area contributed by atoms with E-state index in [1.807, 2.05) is 44.2 Å². The van der Waals surface area contributed by atoms with Crippen molar-refractivity contribution in [2.75, 3.05) is 5.01 Å². The molecule has 1 aliphatic rings. The number of benzene rings is 1. The number of pyridine rings is 1. The van der Waals surface area contributed by atoms with Gasteiger partial charge in [0, 0.05) is 18.9 Å². The van der Waals surface area contributed by atoms with Crippen LogP contribution in [0.15, 0.2) is 65.1 Å². The van der Waals surface area contributed by atoms with Crippen molar-refractivity contribution in [1.29, 1.82) is 0 Å². The van der Waals surface area contributed by atoms with Gasteiger partial charge in [-0.15, -0.1) is 11.3 Å². The highest BCUT2D eigenvalue weighted by atomic mass is 32.1. The van der Waals surface area contributed by atoms with Crippen molar-refractivity contribution < 1.29 is 14.4 Å². The number of hydrogen-bond acceptors (Lipinski definition) is 7. The van der Waals surface area contributed by atoms with Gasteiger partial charge in [-0.1, -0.05) is 6.07 Å². The summed E-state index contributed by atoms with van der Waals surface area (Å²) in [5.74, 6) is -1.62. The highest BCUT2D eigenvalue weighted by Gasteiger charge is 2.36. The Labute approximate surface area is 212 Å². The number of amides is 3. The van der Waals surface area contributed by atoms with Crippen molar-refractivity contribution in [3.63, 3.8) is 0 Å². The third-order valence-electron chi connectivity index (χ3n) is 5.87. The molecule has 1 atom stereocenters. The zero-order valence-electron chi connectivity index (χ0n) is 20.4. The van der Waals surface area contributed by atoms with Crippen LogP contribution in [-0.2, 0) is 11.3 Å². The summed E-state index contributed by atoms with van der Waals surface area (Å²) in [6, 6.07) is 12.5. The molecular weight excluding hydrogens is 476 g/mol. The minimum Gasteiger partial charge on any atom is -0.347 e. The summed E-state index contributed by atoms with van der Waals surface area (Å²) >= 11 is 1.06. The molecule has 1 unspecified atom stereocenters. The van der Waals surface area contributed by atoms with Crippen LogP contribution >= 0.6 is 11.3 Å². The molecular formula is C26H26N6O3S. The van der Waals surface area contributed by atoms with Gasteiger partial charge in [-0.25, -0.2) is 5.43 Å². The van der Waals surface area contributed by atoms with Crippen LogP contribution < -0.4 is 15.8 Å². The van der Waals surface area contributed by atoms with Crippen LogP contribution in [0.1, 0.15) is 49.9 Å². The van der Waals surface area contributed by atoms with Crippen LogP contribution in [-0.4, -0.2) is 34.1 Å². The predicted octanol–water partition coefficient (Wildman–Crippen LogP) is 3.83. The lowest BCUT2D eigenvalue weighted by atomic mass is 9.99. The molecule has 1 aromatic carbocycles. The largest absolute Gasteiger partial charge is 0.347 e. The summed E-state index contributed by atoms with van der Waals surface area (Å²) in [6.45, 7) is 7.79. The average molecular weight is 503 g/mol. The summed E-state index contributed by atoms with van der Waals surface area (Å²) < 4.78 is 0. The second kappa shape index (κ2) is 10.6. The van der Waals surface area contributed by atoms with Gasteiger partial charge < -0.3 is 5.32 Å². The maximum atomic E-state index is 13.1. The van der Waals surface area contributed by atoms with Crippen molar-refractivity contribution in [2.45, 2.75) is 34.2 Å². The first-order valence-corrected chi connectivity index (χ1v) is 12.1. The molecule has 0 fully saturated rings. The molecule has 0 saturated heterocycles. The number of hydrogen-bond donors (Lipinski definition) is 2. The molecule has 0 aliphatic carbocycles. The molecule has 3 amide bonds. The van der Waals surface area contributed by atoms with Crippen LogP contribution in [0.4, 0.5) is 5.69 Å². The molecule has 0 radical (unpaired) electrons. The fourth-order valence-corrected chi connectivity index (χ4v) is 4.51. The van der Waals surface area contributed by atoms with Crippen LogP contribution in [0.2, 0.25) is 0 Å². The lowest BCUT2D eigenvalue weighted by molar-refractivity contribution is -0.118. The van der Waals surface area contributed by atoms with Gasteiger partial charge in [0.15, 0.2) is 0 Å². The summed E-state index contributed by atoms with van der Waals surface area (Å²) in [5, 5.41) is 12.8. The van der Waals surface area contributed by atoms with Gasteiger partial charge >= 0.3 is 0 Å². The van der Waals surface area contributed by atoms with Crippen LogP contribution in [0.25, 0.3) is 0 Å². The number of carbonyl (C=O) groups is 3. The average Bonchev–Trinajstić information content (AvgIpc) is 3.48. The molecule has 0 saturated carbocycles. The van der Waals surface area contributed by atoms with E-state index in [1.54, 1.807) is 38.4 Å². The fraction of sp³-hybridized carbons (Fsp3) is 0.231. The second-order valence-corrected chi connectivity index (χ2v) is 9.57. The Morgan fingerprint density at radius 2 is 1.69 bits per heavy atom. The molecule has 4 rings (SSSR count). The standard InChI is InChI=1S/C26H26N6O3S/c1-15-5-6-20(13-16(15)2)32-26(35)23(18(4)31-32)17(3)29-30-25(34)22-8-7-21(36-22)24(33)28-14-19-9-11-27-12-10-19/h5-13,23H,14H2,1-4H3,(H,28,33)(H,30,34)/b29-17+. The number of aromatic nitrogens is 1. The second-order valence-electron chi connectivity index (χ2n) is 8.49. The van der Waals surface area contributed by atoms with E-state index in [-0.39, 0.29) is 11.8 Å². The van der Waals surface area contributed by atoms with Crippen molar-refractivity contribution in [1.82, 2.24) is 15.7 Å². The number of carbonyl (C=O) groups excluding carboxylic acids is 3. The molecule has 2 N–H and O–H groups in total. The van der Waals surface area contributed by atoms with Gasteiger partial charge in [0.25, 0.3) is 17.7 Å². The lowest BCUT2D eigenvalue weighted by Gasteiger charge is -2.15. The number of thiophene rings is 1. The number of nitrogens with zero attached hydrogens (tertiary/aromatic N) is 4. The van der Waals surface area contributed by atoms with E-state index >= 15 is 0 Å². The molecule has 2 aromatic heterocycles. The molecule has 3 heterocycles.